The van der Waals surface area contributed by atoms with E-state index in [4.69, 9.17) is 9.97 Å². The molecule has 210 valence electrons. The Hall–Kier alpha value is -4.99. The summed E-state index contributed by atoms with van der Waals surface area (Å²) in [6.45, 7) is 4.68. The van der Waals surface area contributed by atoms with E-state index in [0.29, 0.717) is 0 Å². The zero-order valence-electron chi connectivity index (χ0n) is 24.7. The summed E-state index contributed by atoms with van der Waals surface area (Å²) in [5, 5.41) is 1.05. The summed E-state index contributed by atoms with van der Waals surface area (Å²) in [5.41, 5.74) is 11.6. The van der Waals surface area contributed by atoms with Crippen LogP contribution in [-0.2, 0) is 5.41 Å². The van der Waals surface area contributed by atoms with Gasteiger partial charge in [0.2, 0.25) is 0 Å². The minimum absolute atomic E-state index is 0.0426. The van der Waals surface area contributed by atoms with Gasteiger partial charge in [0.25, 0.3) is 0 Å². The molecule has 0 radical (unpaired) electrons. The number of para-hydroxylation sites is 1. The lowest BCUT2D eigenvalue weighted by molar-refractivity contribution is 0.608. The minimum Gasteiger partial charge on any atom is -0.228 e. The number of hydrogen-bond acceptors (Lipinski definition) is 3. The van der Waals surface area contributed by atoms with Crippen LogP contribution in [0.25, 0.3) is 55.8 Å². The zero-order chi connectivity index (χ0) is 29.7. The van der Waals surface area contributed by atoms with Crippen LogP contribution in [0, 0.1) is 0 Å². The lowest BCUT2D eigenvalue weighted by Gasteiger charge is -2.35. The van der Waals surface area contributed by atoms with Gasteiger partial charge in [-0.15, -0.1) is 0 Å². The van der Waals surface area contributed by atoms with E-state index in [-0.39, 0.29) is 5.41 Å². The van der Waals surface area contributed by atoms with Gasteiger partial charge in [-0.25, -0.2) is 9.97 Å². The molecule has 1 aliphatic rings. The van der Waals surface area contributed by atoms with Crippen LogP contribution in [-0.4, -0.2) is 9.97 Å². The maximum absolute atomic E-state index is 5.09. The molecule has 0 atom stereocenters. The van der Waals surface area contributed by atoms with E-state index in [1.54, 1.807) is 0 Å². The summed E-state index contributed by atoms with van der Waals surface area (Å²) in [4.78, 5) is 12.7. The summed E-state index contributed by atoms with van der Waals surface area (Å²) >= 11 is 1.89. The predicted molar refractivity (Wildman–Crippen MR) is 184 cm³/mol. The zero-order valence-corrected chi connectivity index (χ0v) is 25.5. The van der Waals surface area contributed by atoms with E-state index < -0.39 is 0 Å². The summed E-state index contributed by atoms with van der Waals surface area (Å²) in [5.74, 6) is 0.740. The van der Waals surface area contributed by atoms with Crippen molar-refractivity contribution in [2.75, 3.05) is 0 Å². The van der Waals surface area contributed by atoms with E-state index in [2.05, 4.69) is 135 Å². The van der Waals surface area contributed by atoms with Gasteiger partial charge in [0.1, 0.15) is 0 Å². The largest absolute Gasteiger partial charge is 0.228 e. The van der Waals surface area contributed by atoms with Crippen molar-refractivity contribution in [3.8, 4) is 44.9 Å². The Bertz CT molecular complexity index is 2160. The molecule has 7 aromatic rings. The Morgan fingerprint density at radius 3 is 2.02 bits per heavy atom. The fourth-order valence-electron chi connectivity index (χ4n) is 6.39. The molecule has 0 saturated heterocycles. The average molecular weight is 583 g/mol. The minimum atomic E-state index is -0.0426. The Morgan fingerprint density at radius 1 is 0.500 bits per heavy atom. The average Bonchev–Trinajstić information content (AvgIpc) is 3.08. The van der Waals surface area contributed by atoms with Crippen LogP contribution in [0.3, 0.4) is 0 Å². The highest BCUT2D eigenvalue weighted by Crippen LogP contribution is 2.52. The molecule has 1 aromatic heterocycles. The van der Waals surface area contributed by atoms with E-state index >= 15 is 0 Å². The molecule has 2 nitrogen and oxygen atoms in total. The van der Waals surface area contributed by atoms with E-state index in [0.717, 1.165) is 39.1 Å². The first-order valence-electron chi connectivity index (χ1n) is 15.0. The number of benzene rings is 6. The summed E-state index contributed by atoms with van der Waals surface area (Å²) in [6, 6.07) is 51.8. The quantitative estimate of drug-likeness (QED) is 0.206. The van der Waals surface area contributed by atoms with Crippen LogP contribution in [0.15, 0.2) is 155 Å². The third-order valence-electron chi connectivity index (χ3n) is 8.76. The van der Waals surface area contributed by atoms with Crippen LogP contribution in [0.5, 0.6) is 0 Å². The number of rotatable bonds is 4. The second-order valence-electron chi connectivity index (χ2n) is 11.8. The van der Waals surface area contributed by atoms with Crippen LogP contribution >= 0.6 is 11.8 Å². The number of hydrogen-bond donors (Lipinski definition) is 0. The third-order valence-corrected chi connectivity index (χ3v) is 9.98. The Labute approximate surface area is 262 Å². The fourth-order valence-corrected chi connectivity index (χ4v) is 7.92. The van der Waals surface area contributed by atoms with Crippen molar-refractivity contribution in [3.05, 3.63) is 157 Å². The van der Waals surface area contributed by atoms with Gasteiger partial charge in [0.15, 0.2) is 5.82 Å². The molecule has 0 amide bonds. The molecule has 0 fully saturated rings. The van der Waals surface area contributed by atoms with Crippen LogP contribution < -0.4 is 0 Å². The molecule has 1 aliphatic heterocycles. The smallest absolute Gasteiger partial charge is 0.160 e. The van der Waals surface area contributed by atoms with Gasteiger partial charge in [-0.1, -0.05) is 153 Å². The lowest BCUT2D eigenvalue weighted by atomic mass is 9.77. The highest BCUT2D eigenvalue weighted by atomic mass is 32.2. The molecule has 3 heteroatoms. The van der Waals surface area contributed by atoms with Crippen LogP contribution in [0.4, 0.5) is 0 Å². The summed E-state index contributed by atoms with van der Waals surface area (Å²) in [7, 11) is 0. The van der Waals surface area contributed by atoms with Gasteiger partial charge in [-0.3, -0.25) is 0 Å². The van der Waals surface area contributed by atoms with Crippen molar-refractivity contribution in [3.63, 3.8) is 0 Å². The second kappa shape index (κ2) is 10.6. The van der Waals surface area contributed by atoms with Crippen LogP contribution in [0.1, 0.15) is 25.0 Å². The monoisotopic (exact) mass is 582 g/mol. The van der Waals surface area contributed by atoms with Gasteiger partial charge >= 0.3 is 0 Å². The van der Waals surface area contributed by atoms with Crippen molar-refractivity contribution in [1.29, 1.82) is 0 Å². The van der Waals surface area contributed by atoms with Gasteiger partial charge in [0, 0.05) is 31.7 Å². The van der Waals surface area contributed by atoms with Crippen molar-refractivity contribution in [1.82, 2.24) is 9.97 Å². The molecule has 44 heavy (non-hydrogen) atoms. The highest BCUT2D eigenvalue weighted by molar-refractivity contribution is 7.99. The standard InChI is InChI=1S/C41H30N2S/c1-41(2)34-18-7-9-21-37(34)44-39-32(17-11-19-35(39)41)28-24-22-27(23-25-28)30-14-10-15-31(26-30)38-33-16-6-8-20-36(33)42-40(43-38)29-12-4-3-5-13-29/h3-26H,1-2H3. The molecule has 8 rings (SSSR count). The van der Waals surface area contributed by atoms with Gasteiger partial charge in [-0.05, 0) is 51.6 Å². The van der Waals surface area contributed by atoms with Gasteiger partial charge in [0.05, 0.1) is 11.2 Å². The molecule has 0 N–H and O–H groups in total. The SMILES string of the molecule is CC1(C)c2ccccc2Sc2c(-c3ccc(-c4cccc(-c5nc(-c6ccccc6)nc6ccccc56)c4)cc3)cccc21. The normalized spacial score (nSPS) is 13.3. The Kier molecular flexibility index (Phi) is 6.43. The topological polar surface area (TPSA) is 25.8 Å². The van der Waals surface area contributed by atoms with Crippen molar-refractivity contribution >= 4 is 22.7 Å². The third kappa shape index (κ3) is 4.52. The fraction of sp³-hybridized carbons (Fsp3) is 0.0732. The second-order valence-corrected chi connectivity index (χ2v) is 12.9. The first-order valence-corrected chi connectivity index (χ1v) is 15.8. The summed E-state index contributed by atoms with van der Waals surface area (Å²) in [6.07, 6.45) is 0. The molecular formula is C41H30N2S. The van der Waals surface area contributed by atoms with E-state index in [1.807, 2.05) is 36.0 Å². The van der Waals surface area contributed by atoms with E-state index in [9.17, 15) is 0 Å². The Balaban J connectivity index is 1.17. The first-order chi connectivity index (χ1) is 21.6. The molecule has 0 saturated carbocycles. The Morgan fingerprint density at radius 2 is 1.16 bits per heavy atom. The van der Waals surface area contributed by atoms with Crippen molar-refractivity contribution < 1.29 is 0 Å². The molecular weight excluding hydrogens is 553 g/mol. The maximum atomic E-state index is 5.09. The molecule has 0 bridgehead atoms. The first kappa shape index (κ1) is 26.6. The van der Waals surface area contributed by atoms with Gasteiger partial charge < -0.3 is 0 Å². The van der Waals surface area contributed by atoms with Crippen LogP contribution in [0.2, 0.25) is 0 Å². The lowest BCUT2D eigenvalue weighted by Crippen LogP contribution is -2.23. The number of nitrogens with zero attached hydrogens (tertiary/aromatic N) is 2. The number of fused-ring (bicyclic) bond motifs is 3. The molecule has 2 heterocycles. The number of aromatic nitrogens is 2. The van der Waals surface area contributed by atoms with Gasteiger partial charge in [-0.2, -0.15) is 0 Å². The van der Waals surface area contributed by atoms with Crippen molar-refractivity contribution in [2.45, 2.75) is 29.1 Å². The highest BCUT2D eigenvalue weighted by Gasteiger charge is 2.34. The molecule has 6 aromatic carbocycles. The molecule has 0 aliphatic carbocycles. The van der Waals surface area contributed by atoms with Crippen molar-refractivity contribution in [2.24, 2.45) is 0 Å². The molecule has 0 spiro atoms. The predicted octanol–water partition coefficient (Wildman–Crippen LogP) is 11.1. The van der Waals surface area contributed by atoms with E-state index in [1.165, 1.54) is 37.6 Å². The summed E-state index contributed by atoms with van der Waals surface area (Å²) < 4.78 is 0. The maximum Gasteiger partial charge on any atom is 0.160 e. The molecule has 0 unspecified atom stereocenters.